The van der Waals surface area contributed by atoms with Crippen LogP contribution >= 0.6 is 0 Å². The molecule has 2 bridgehead atoms. The maximum absolute atomic E-state index is 11.6. The first-order valence-corrected chi connectivity index (χ1v) is 8.28. The third kappa shape index (κ3) is 1.46. The summed E-state index contributed by atoms with van der Waals surface area (Å²) in [6, 6.07) is 0. The SMILES string of the molecule is NCC1(C2CCS(=O)(=O)C2)CC2CCC1C2. The molecule has 3 rings (SSSR count). The molecule has 3 nitrogen and oxygen atoms in total. The molecule has 2 N–H and O–H groups in total. The Morgan fingerprint density at radius 1 is 1.19 bits per heavy atom. The lowest BCUT2D eigenvalue weighted by Crippen LogP contribution is -2.43. The van der Waals surface area contributed by atoms with E-state index in [9.17, 15) is 8.42 Å². The molecule has 0 radical (unpaired) electrons. The summed E-state index contributed by atoms with van der Waals surface area (Å²) in [6.45, 7) is 0.703. The number of fused-ring (bicyclic) bond motifs is 2. The molecule has 0 aromatic rings. The quantitative estimate of drug-likeness (QED) is 0.792. The molecule has 92 valence electrons. The lowest BCUT2D eigenvalue weighted by molar-refractivity contribution is 0.0981. The van der Waals surface area contributed by atoms with Gasteiger partial charge in [-0.15, -0.1) is 0 Å². The molecule has 0 spiro atoms. The molecule has 2 aliphatic carbocycles. The van der Waals surface area contributed by atoms with E-state index < -0.39 is 9.84 Å². The summed E-state index contributed by atoms with van der Waals surface area (Å²) >= 11 is 0. The highest BCUT2D eigenvalue weighted by Gasteiger charge is 2.55. The first kappa shape index (κ1) is 11.0. The van der Waals surface area contributed by atoms with E-state index in [1.165, 1.54) is 25.7 Å². The molecule has 4 atom stereocenters. The normalized spacial score (nSPS) is 49.9. The summed E-state index contributed by atoms with van der Waals surface area (Å²) in [4.78, 5) is 0. The second-order valence-corrected chi connectivity index (χ2v) is 8.35. The van der Waals surface area contributed by atoms with Crippen molar-refractivity contribution in [2.75, 3.05) is 18.1 Å². The second kappa shape index (κ2) is 3.45. The molecule has 2 saturated carbocycles. The van der Waals surface area contributed by atoms with Gasteiger partial charge in [0.15, 0.2) is 9.84 Å². The van der Waals surface area contributed by atoms with Crippen molar-refractivity contribution in [3.05, 3.63) is 0 Å². The van der Waals surface area contributed by atoms with Crippen LogP contribution in [-0.2, 0) is 9.84 Å². The Kier molecular flexibility index (Phi) is 2.38. The predicted octanol–water partition coefficient (Wildman–Crippen LogP) is 1.19. The highest BCUT2D eigenvalue weighted by molar-refractivity contribution is 7.91. The summed E-state index contributed by atoms with van der Waals surface area (Å²) < 4.78 is 23.2. The van der Waals surface area contributed by atoms with Gasteiger partial charge in [-0.1, -0.05) is 6.42 Å². The van der Waals surface area contributed by atoms with Gasteiger partial charge in [0.05, 0.1) is 11.5 Å². The van der Waals surface area contributed by atoms with Crippen molar-refractivity contribution in [1.29, 1.82) is 0 Å². The van der Waals surface area contributed by atoms with Crippen LogP contribution in [0, 0.1) is 23.2 Å². The van der Waals surface area contributed by atoms with E-state index in [-0.39, 0.29) is 5.41 Å². The van der Waals surface area contributed by atoms with Gasteiger partial charge < -0.3 is 5.73 Å². The first-order valence-electron chi connectivity index (χ1n) is 6.46. The molecule has 4 heteroatoms. The lowest BCUT2D eigenvalue weighted by Gasteiger charge is -2.41. The zero-order chi connectivity index (χ0) is 11.4. The minimum absolute atomic E-state index is 0.187. The molecule has 1 aliphatic heterocycles. The molecule has 16 heavy (non-hydrogen) atoms. The number of hydrogen-bond acceptors (Lipinski definition) is 3. The largest absolute Gasteiger partial charge is 0.330 e. The van der Waals surface area contributed by atoms with Crippen LogP contribution in [-0.4, -0.2) is 26.5 Å². The molecule has 0 amide bonds. The molecule has 3 fully saturated rings. The van der Waals surface area contributed by atoms with Gasteiger partial charge in [0, 0.05) is 0 Å². The van der Waals surface area contributed by atoms with Crippen LogP contribution in [0.2, 0.25) is 0 Å². The van der Waals surface area contributed by atoms with E-state index in [0.29, 0.717) is 24.0 Å². The Hall–Kier alpha value is -0.0900. The standard InChI is InChI=1S/C12H21NO2S/c13-8-12(6-9-1-2-10(12)5-9)11-3-4-16(14,15)7-11/h9-11H,1-8,13H2. The fraction of sp³-hybridized carbons (Fsp3) is 1.00. The van der Waals surface area contributed by atoms with E-state index in [2.05, 4.69) is 0 Å². The van der Waals surface area contributed by atoms with E-state index >= 15 is 0 Å². The van der Waals surface area contributed by atoms with Gasteiger partial charge in [0.2, 0.25) is 0 Å². The van der Waals surface area contributed by atoms with Crippen molar-refractivity contribution in [3.8, 4) is 0 Å². The molecule has 0 aromatic heterocycles. The van der Waals surface area contributed by atoms with Gasteiger partial charge in [-0.3, -0.25) is 0 Å². The topological polar surface area (TPSA) is 60.2 Å². The summed E-state index contributed by atoms with van der Waals surface area (Å²) in [5.41, 5.74) is 6.22. The van der Waals surface area contributed by atoms with Gasteiger partial charge >= 0.3 is 0 Å². The molecular formula is C12H21NO2S. The van der Waals surface area contributed by atoms with Crippen LogP contribution in [0.4, 0.5) is 0 Å². The predicted molar refractivity (Wildman–Crippen MR) is 63.7 cm³/mol. The minimum Gasteiger partial charge on any atom is -0.330 e. The Morgan fingerprint density at radius 3 is 2.44 bits per heavy atom. The Bertz CT molecular complexity index is 392. The maximum Gasteiger partial charge on any atom is 0.150 e. The molecule has 4 unspecified atom stereocenters. The van der Waals surface area contributed by atoms with Crippen LogP contribution in [0.15, 0.2) is 0 Å². The second-order valence-electron chi connectivity index (χ2n) is 6.12. The van der Waals surface area contributed by atoms with Crippen molar-refractivity contribution >= 4 is 9.84 Å². The minimum atomic E-state index is -2.75. The smallest absolute Gasteiger partial charge is 0.150 e. The summed E-state index contributed by atoms with van der Waals surface area (Å²) in [5.74, 6) is 2.74. The van der Waals surface area contributed by atoms with E-state index in [0.717, 1.165) is 18.3 Å². The van der Waals surface area contributed by atoms with Gasteiger partial charge in [0.25, 0.3) is 0 Å². The third-order valence-electron chi connectivity index (χ3n) is 5.45. The van der Waals surface area contributed by atoms with Crippen molar-refractivity contribution < 1.29 is 8.42 Å². The van der Waals surface area contributed by atoms with E-state index in [1.807, 2.05) is 0 Å². The fourth-order valence-electron chi connectivity index (χ4n) is 4.65. The average Bonchev–Trinajstić information content (AvgIpc) is 2.90. The fourth-order valence-corrected chi connectivity index (χ4v) is 6.57. The van der Waals surface area contributed by atoms with Crippen molar-refractivity contribution in [2.24, 2.45) is 28.9 Å². The summed E-state index contributed by atoms with van der Waals surface area (Å²) in [5, 5.41) is 0. The van der Waals surface area contributed by atoms with Crippen molar-refractivity contribution in [1.82, 2.24) is 0 Å². The highest BCUT2D eigenvalue weighted by atomic mass is 32.2. The monoisotopic (exact) mass is 243 g/mol. The maximum atomic E-state index is 11.6. The average molecular weight is 243 g/mol. The van der Waals surface area contributed by atoms with Crippen LogP contribution in [0.3, 0.4) is 0 Å². The Labute approximate surface area is 97.7 Å². The van der Waals surface area contributed by atoms with E-state index in [4.69, 9.17) is 5.73 Å². The number of sulfone groups is 1. The van der Waals surface area contributed by atoms with Crippen LogP contribution in [0.25, 0.3) is 0 Å². The Balaban J connectivity index is 1.87. The molecule has 3 aliphatic rings. The molecule has 1 heterocycles. The van der Waals surface area contributed by atoms with E-state index in [1.54, 1.807) is 0 Å². The first-order chi connectivity index (χ1) is 7.56. The number of rotatable bonds is 2. The molecular weight excluding hydrogens is 222 g/mol. The molecule has 1 saturated heterocycles. The Morgan fingerprint density at radius 2 is 2.00 bits per heavy atom. The van der Waals surface area contributed by atoms with Gasteiger partial charge in [-0.05, 0) is 55.4 Å². The van der Waals surface area contributed by atoms with Crippen LogP contribution in [0.1, 0.15) is 32.1 Å². The highest BCUT2D eigenvalue weighted by Crippen LogP contribution is 2.60. The van der Waals surface area contributed by atoms with Crippen molar-refractivity contribution in [2.45, 2.75) is 32.1 Å². The molecule has 0 aromatic carbocycles. The van der Waals surface area contributed by atoms with Crippen LogP contribution in [0.5, 0.6) is 0 Å². The number of hydrogen-bond donors (Lipinski definition) is 1. The zero-order valence-electron chi connectivity index (χ0n) is 9.69. The third-order valence-corrected chi connectivity index (χ3v) is 7.22. The zero-order valence-corrected chi connectivity index (χ0v) is 10.5. The summed E-state index contributed by atoms with van der Waals surface area (Å²) in [7, 11) is -2.75. The van der Waals surface area contributed by atoms with Gasteiger partial charge in [0.1, 0.15) is 0 Å². The lowest BCUT2D eigenvalue weighted by atomic mass is 9.64. The van der Waals surface area contributed by atoms with Gasteiger partial charge in [-0.2, -0.15) is 0 Å². The van der Waals surface area contributed by atoms with Crippen LogP contribution < -0.4 is 5.73 Å². The van der Waals surface area contributed by atoms with Crippen molar-refractivity contribution in [3.63, 3.8) is 0 Å². The number of nitrogens with two attached hydrogens (primary N) is 1. The van der Waals surface area contributed by atoms with Gasteiger partial charge in [-0.25, -0.2) is 8.42 Å². The summed E-state index contributed by atoms with van der Waals surface area (Å²) in [6.07, 6.45) is 6.02.